The van der Waals surface area contributed by atoms with Gasteiger partial charge in [-0.1, -0.05) is 79.7 Å². The third-order valence-corrected chi connectivity index (χ3v) is 4.06. The standard InChI is InChI=1S/C21H24/c1-6-19(15(2)3)21-10-8-7-9-20(21)17(5)18-13-11-16(4)12-14-18/h7-14,19H,2,5-6H2,1,3-4H3. The molecule has 0 radical (unpaired) electrons. The maximum atomic E-state index is 4.33. The van der Waals surface area contributed by atoms with Crippen molar-refractivity contribution >= 4 is 5.57 Å². The fraction of sp³-hybridized carbons (Fsp3) is 0.238. The Morgan fingerprint density at radius 1 is 1.00 bits per heavy atom. The fourth-order valence-corrected chi connectivity index (χ4v) is 2.82. The van der Waals surface area contributed by atoms with Crippen LogP contribution >= 0.6 is 0 Å². The van der Waals surface area contributed by atoms with E-state index in [9.17, 15) is 0 Å². The lowest BCUT2D eigenvalue weighted by atomic mass is 9.84. The molecule has 2 aromatic carbocycles. The Morgan fingerprint density at radius 2 is 1.62 bits per heavy atom. The van der Waals surface area contributed by atoms with Crippen LogP contribution in [0.5, 0.6) is 0 Å². The van der Waals surface area contributed by atoms with E-state index in [-0.39, 0.29) is 0 Å². The van der Waals surface area contributed by atoms with Gasteiger partial charge in [0, 0.05) is 5.92 Å². The molecule has 21 heavy (non-hydrogen) atoms. The first kappa shape index (κ1) is 15.3. The van der Waals surface area contributed by atoms with Gasteiger partial charge in [0.25, 0.3) is 0 Å². The second-order valence-corrected chi connectivity index (χ2v) is 5.74. The molecule has 0 bridgehead atoms. The molecule has 2 aromatic rings. The molecule has 0 fully saturated rings. The quantitative estimate of drug-likeness (QED) is 0.576. The molecule has 0 aliphatic heterocycles. The van der Waals surface area contributed by atoms with Crippen molar-refractivity contribution < 1.29 is 0 Å². The summed E-state index contributed by atoms with van der Waals surface area (Å²) in [6.45, 7) is 14.9. The SMILES string of the molecule is C=C(c1ccc(C)cc1)c1ccccc1C(CC)C(=C)C. The number of hydrogen-bond donors (Lipinski definition) is 0. The monoisotopic (exact) mass is 276 g/mol. The molecule has 0 saturated carbocycles. The van der Waals surface area contributed by atoms with Crippen LogP contribution in [0.1, 0.15) is 48.4 Å². The molecule has 0 heterocycles. The molecular weight excluding hydrogens is 252 g/mol. The predicted octanol–water partition coefficient (Wildman–Crippen LogP) is 6.13. The van der Waals surface area contributed by atoms with Crippen molar-refractivity contribution in [2.45, 2.75) is 33.1 Å². The van der Waals surface area contributed by atoms with Gasteiger partial charge in [-0.25, -0.2) is 0 Å². The van der Waals surface area contributed by atoms with Crippen molar-refractivity contribution in [2.75, 3.05) is 0 Å². The molecular formula is C21H24. The van der Waals surface area contributed by atoms with E-state index >= 15 is 0 Å². The van der Waals surface area contributed by atoms with Gasteiger partial charge in [-0.15, -0.1) is 0 Å². The summed E-state index contributed by atoms with van der Waals surface area (Å²) in [5, 5.41) is 0. The van der Waals surface area contributed by atoms with Gasteiger partial charge in [-0.2, -0.15) is 0 Å². The van der Waals surface area contributed by atoms with Gasteiger partial charge in [-0.05, 0) is 42.5 Å². The van der Waals surface area contributed by atoms with Crippen LogP contribution in [-0.4, -0.2) is 0 Å². The summed E-state index contributed by atoms with van der Waals surface area (Å²) < 4.78 is 0. The Balaban J connectivity index is 2.46. The molecule has 0 heteroatoms. The van der Waals surface area contributed by atoms with E-state index in [2.05, 4.69) is 82.5 Å². The second kappa shape index (κ2) is 6.58. The van der Waals surface area contributed by atoms with E-state index in [1.165, 1.54) is 27.8 Å². The maximum Gasteiger partial charge on any atom is 0.00462 e. The predicted molar refractivity (Wildman–Crippen MR) is 93.6 cm³/mol. The molecule has 0 nitrogen and oxygen atoms in total. The fourth-order valence-electron chi connectivity index (χ4n) is 2.82. The van der Waals surface area contributed by atoms with Crippen molar-refractivity contribution in [3.8, 4) is 0 Å². The van der Waals surface area contributed by atoms with E-state index in [1.807, 2.05) is 0 Å². The molecule has 0 saturated heterocycles. The first-order chi connectivity index (χ1) is 10.0. The van der Waals surface area contributed by atoms with Gasteiger partial charge in [0.2, 0.25) is 0 Å². The highest BCUT2D eigenvalue weighted by Gasteiger charge is 2.16. The summed E-state index contributed by atoms with van der Waals surface area (Å²) in [5.74, 6) is 0.392. The van der Waals surface area contributed by atoms with E-state index in [0.29, 0.717) is 5.92 Å². The third kappa shape index (κ3) is 3.33. The lowest BCUT2D eigenvalue weighted by molar-refractivity contribution is 0.760. The maximum absolute atomic E-state index is 4.33. The van der Waals surface area contributed by atoms with Gasteiger partial charge in [0.1, 0.15) is 0 Å². The average Bonchev–Trinajstić information content (AvgIpc) is 2.48. The Bertz CT molecular complexity index is 644. The average molecular weight is 276 g/mol. The zero-order valence-corrected chi connectivity index (χ0v) is 13.3. The summed E-state index contributed by atoms with van der Waals surface area (Å²) in [6, 6.07) is 17.1. The van der Waals surface area contributed by atoms with Crippen LogP contribution in [0.4, 0.5) is 0 Å². The van der Waals surface area contributed by atoms with Gasteiger partial charge in [-0.3, -0.25) is 0 Å². The first-order valence-corrected chi connectivity index (χ1v) is 7.55. The first-order valence-electron chi connectivity index (χ1n) is 7.55. The summed E-state index contributed by atoms with van der Waals surface area (Å²) in [5.41, 5.74) is 7.32. The van der Waals surface area contributed by atoms with E-state index in [4.69, 9.17) is 0 Å². The third-order valence-electron chi connectivity index (χ3n) is 4.06. The minimum atomic E-state index is 0.392. The normalized spacial score (nSPS) is 12.0. The Labute approximate surface area is 128 Å². The number of benzene rings is 2. The van der Waals surface area contributed by atoms with E-state index in [0.717, 1.165) is 12.0 Å². The molecule has 108 valence electrons. The minimum absolute atomic E-state index is 0.392. The molecule has 2 rings (SSSR count). The smallest absolute Gasteiger partial charge is 0.00462 e. The Hall–Kier alpha value is -2.08. The molecule has 0 aromatic heterocycles. The highest BCUT2D eigenvalue weighted by atomic mass is 14.2. The van der Waals surface area contributed by atoms with Crippen LogP contribution in [0.15, 0.2) is 67.3 Å². The highest BCUT2D eigenvalue weighted by Crippen LogP contribution is 2.34. The van der Waals surface area contributed by atoms with Gasteiger partial charge in [0.05, 0.1) is 0 Å². The van der Waals surface area contributed by atoms with Crippen molar-refractivity contribution in [1.82, 2.24) is 0 Å². The molecule has 0 aliphatic rings. The van der Waals surface area contributed by atoms with Crippen molar-refractivity contribution in [3.05, 3.63) is 89.5 Å². The van der Waals surface area contributed by atoms with Gasteiger partial charge >= 0.3 is 0 Å². The summed E-state index contributed by atoms with van der Waals surface area (Å²) in [7, 11) is 0. The highest BCUT2D eigenvalue weighted by molar-refractivity contribution is 5.80. The molecule has 0 N–H and O–H groups in total. The van der Waals surface area contributed by atoms with Gasteiger partial charge < -0.3 is 0 Å². The van der Waals surface area contributed by atoms with Crippen LogP contribution in [0.25, 0.3) is 5.57 Å². The Morgan fingerprint density at radius 3 is 2.19 bits per heavy atom. The zero-order valence-electron chi connectivity index (χ0n) is 13.3. The Kier molecular flexibility index (Phi) is 4.80. The van der Waals surface area contributed by atoms with E-state index < -0.39 is 0 Å². The minimum Gasteiger partial charge on any atom is -0.0995 e. The largest absolute Gasteiger partial charge is 0.0995 e. The summed E-state index contributed by atoms with van der Waals surface area (Å²) in [4.78, 5) is 0. The number of hydrogen-bond acceptors (Lipinski definition) is 0. The van der Waals surface area contributed by atoms with Crippen LogP contribution < -0.4 is 0 Å². The second-order valence-electron chi connectivity index (χ2n) is 5.74. The lowest BCUT2D eigenvalue weighted by Crippen LogP contribution is -2.03. The number of allylic oxidation sites excluding steroid dienone is 1. The summed E-state index contributed by atoms with van der Waals surface area (Å²) >= 11 is 0. The van der Waals surface area contributed by atoms with Crippen LogP contribution in [0.3, 0.4) is 0 Å². The van der Waals surface area contributed by atoms with Crippen molar-refractivity contribution in [2.24, 2.45) is 0 Å². The molecule has 0 amide bonds. The summed E-state index contributed by atoms with van der Waals surface area (Å²) in [6.07, 6.45) is 1.06. The molecule has 1 unspecified atom stereocenters. The van der Waals surface area contributed by atoms with Crippen LogP contribution in [0.2, 0.25) is 0 Å². The molecule has 0 spiro atoms. The topological polar surface area (TPSA) is 0 Å². The number of aryl methyl sites for hydroxylation is 1. The lowest BCUT2D eigenvalue weighted by Gasteiger charge is -2.20. The van der Waals surface area contributed by atoms with Crippen LogP contribution in [-0.2, 0) is 0 Å². The van der Waals surface area contributed by atoms with Gasteiger partial charge in [0.15, 0.2) is 0 Å². The van der Waals surface area contributed by atoms with E-state index in [1.54, 1.807) is 0 Å². The zero-order chi connectivity index (χ0) is 15.4. The van der Waals surface area contributed by atoms with Crippen LogP contribution in [0, 0.1) is 6.92 Å². The molecule has 0 aliphatic carbocycles. The van der Waals surface area contributed by atoms with Crippen molar-refractivity contribution in [3.63, 3.8) is 0 Å². The number of rotatable bonds is 5. The van der Waals surface area contributed by atoms with Crippen molar-refractivity contribution in [1.29, 1.82) is 0 Å². The molecule has 1 atom stereocenters.